The fraction of sp³-hybridized carbons (Fsp3) is 0.150. The Morgan fingerprint density at radius 3 is 2.52 bits per heavy atom. The Labute approximate surface area is 161 Å². The van der Waals surface area contributed by atoms with Crippen LogP contribution in [0.15, 0.2) is 60.0 Å². The van der Waals surface area contributed by atoms with Crippen molar-refractivity contribution in [2.45, 2.75) is 13.0 Å². The minimum Gasteiger partial charge on any atom is -0.497 e. The smallest absolute Gasteiger partial charge is 0.257 e. The lowest BCUT2D eigenvalue weighted by Crippen LogP contribution is -2.24. The van der Waals surface area contributed by atoms with Crippen molar-refractivity contribution >= 4 is 28.3 Å². The zero-order valence-corrected chi connectivity index (χ0v) is 15.6. The highest BCUT2D eigenvalue weighted by Gasteiger charge is 2.11. The van der Waals surface area contributed by atoms with Crippen molar-refractivity contribution in [3.63, 3.8) is 0 Å². The molecule has 2 N–H and O–H groups in total. The van der Waals surface area contributed by atoms with E-state index in [1.54, 1.807) is 36.8 Å². The Morgan fingerprint density at radius 1 is 1.07 bits per heavy atom. The Morgan fingerprint density at radius 2 is 1.81 bits per heavy atom. The lowest BCUT2D eigenvalue weighted by molar-refractivity contribution is -0.120. The molecule has 0 radical (unpaired) electrons. The van der Waals surface area contributed by atoms with Crippen molar-refractivity contribution in [2.75, 3.05) is 12.4 Å². The average molecular weight is 381 g/mol. The van der Waals surface area contributed by atoms with E-state index in [4.69, 9.17) is 4.74 Å². The van der Waals surface area contributed by atoms with Gasteiger partial charge in [0.15, 0.2) is 5.13 Å². The lowest BCUT2D eigenvalue weighted by atomic mass is 10.2. The molecule has 2 aromatic carbocycles. The van der Waals surface area contributed by atoms with Crippen LogP contribution in [0.2, 0.25) is 0 Å². The molecule has 0 aliphatic rings. The van der Waals surface area contributed by atoms with Gasteiger partial charge in [0.2, 0.25) is 5.91 Å². The average Bonchev–Trinajstić information content (AvgIpc) is 3.14. The van der Waals surface area contributed by atoms with Gasteiger partial charge in [0.1, 0.15) is 5.75 Å². The monoisotopic (exact) mass is 381 g/mol. The molecule has 0 aliphatic carbocycles. The van der Waals surface area contributed by atoms with Gasteiger partial charge in [-0.15, -0.1) is 11.3 Å². The van der Waals surface area contributed by atoms with Crippen LogP contribution in [0.4, 0.5) is 5.13 Å². The van der Waals surface area contributed by atoms with E-state index in [2.05, 4.69) is 15.6 Å². The largest absolute Gasteiger partial charge is 0.497 e. The molecule has 3 aromatic rings. The van der Waals surface area contributed by atoms with Crippen molar-refractivity contribution in [3.8, 4) is 5.75 Å². The van der Waals surface area contributed by atoms with Crippen molar-refractivity contribution in [1.82, 2.24) is 10.3 Å². The van der Waals surface area contributed by atoms with Crippen molar-refractivity contribution < 1.29 is 14.3 Å². The summed E-state index contributed by atoms with van der Waals surface area (Å²) in [5, 5.41) is 7.85. The van der Waals surface area contributed by atoms with Crippen LogP contribution in [-0.2, 0) is 17.8 Å². The summed E-state index contributed by atoms with van der Waals surface area (Å²) in [5.41, 5.74) is 2.17. The van der Waals surface area contributed by atoms with Gasteiger partial charge in [-0.05, 0) is 29.8 Å². The van der Waals surface area contributed by atoms with E-state index in [1.807, 2.05) is 30.3 Å². The molecule has 1 heterocycles. The maximum Gasteiger partial charge on any atom is 0.257 e. The van der Waals surface area contributed by atoms with Crippen LogP contribution in [0.3, 0.4) is 0 Å². The van der Waals surface area contributed by atoms with Crippen LogP contribution in [0, 0.1) is 0 Å². The second-order valence-electron chi connectivity index (χ2n) is 5.77. The van der Waals surface area contributed by atoms with Gasteiger partial charge in [0.05, 0.1) is 19.2 Å². The molecule has 0 saturated heterocycles. The topological polar surface area (TPSA) is 80.3 Å². The highest BCUT2D eigenvalue weighted by atomic mass is 32.1. The number of ether oxygens (including phenoxy) is 1. The van der Waals surface area contributed by atoms with Gasteiger partial charge in [-0.2, -0.15) is 0 Å². The van der Waals surface area contributed by atoms with Gasteiger partial charge in [0.25, 0.3) is 5.91 Å². The molecule has 0 saturated carbocycles. The van der Waals surface area contributed by atoms with E-state index in [9.17, 15) is 9.59 Å². The maximum absolute atomic E-state index is 12.1. The second kappa shape index (κ2) is 8.95. The number of nitrogens with zero attached hydrogens (tertiary/aromatic N) is 1. The first-order chi connectivity index (χ1) is 13.1. The number of amides is 2. The van der Waals surface area contributed by atoms with Crippen molar-refractivity contribution in [2.24, 2.45) is 0 Å². The number of hydrogen-bond donors (Lipinski definition) is 2. The number of nitrogens with one attached hydrogen (secondary N) is 2. The van der Waals surface area contributed by atoms with Gasteiger partial charge < -0.3 is 10.1 Å². The summed E-state index contributed by atoms with van der Waals surface area (Å²) in [7, 11) is 1.61. The standard InChI is InChI=1S/C20H19N3O3S/c1-26-17-9-7-14(8-10-17)12-21-18(24)11-16-13-27-20(22-16)23-19(25)15-5-3-2-4-6-15/h2-10,13H,11-12H2,1H3,(H,21,24)(H,22,23,25). The van der Waals surface area contributed by atoms with Gasteiger partial charge in [-0.25, -0.2) is 4.98 Å². The molecule has 3 rings (SSSR count). The molecule has 138 valence electrons. The summed E-state index contributed by atoms with van der Waals surface area (Å²) in [5.74, 6) is 0.426. The van der Waals surface area contributed by atoms with Crippen LogP contribution in [0.1, 0.15) is 21.6 Å². The molecule has 0 atom stereocenters. The first-order valence-electron chi connectivity index (χ1n) is 8.34. The summed E-state index contributed by atoms with van der Waals surface area (Å²) >= 11 is 1.30. The molecule has 0 fully saturated rings. The number of aromatic nitrogens is 1. The summed E-state index contributed by atoms with van der Waals surface area (Å²) in [6.45, 7) is 0.435. The predicted molar refractivity (Wildman–Crippen MR) is 105 cm³/mol. The van der Waals surface area contributed by atoms with Crippen LogP contribution in [-0.4, -0.2) is 23.9 Å². The maximum atomic E-state index is 12.1. The summed E-state index contributed by atoms with van der Waals surface area (Å²) < 4.78 is 5.11. The number of carbonyl (C=O) groups is 2. The van der Waals surface area contributed by atoms with Gasteiger partial charge >= 0.3 is 0 Å². The van der Waals surface area contributed by atoms with E-state index in [0.717, 1.165) is 11.3 Å². The molecule has 0 bridgehead atoms. The van der Waals surface area contributed by atoms with E-state index in [0.29, 0.717) is 22.9 Å². The fourth-order valence-electron chi connectivity index (χ4n) is 2.38. The fourth-order valence-corrected chi connectivity index (χ4v) is 3.08. The predicted octanol–water partition coefficient (Wildman–Crippen LogP) is 3.26. The van der Waals surface area contributed by atoms with Crippen LogP contribution in [0.5, 0.6) is 5.75 Å². The number of hydrogen-bond acceptors (Lipinski definition) is 5. The SMILES string of the molecule is COc1ccc(CNC(=O)Cc2csc(NC(=O)c3ccccc3)n2)cc1. The molecule has 7 heteroatoms. The first kappa shape index (κ1) is 18.6. The zero-order valence-electron chi connectivity index (χ0n) is 14.8. The highest BCUT2D eigenvalue weighted by Crippen LogP contribution is 2.17. The van der Waals surface area contributed by atoms with E-state index < -0.39 is 0 Å². The minimum atomic E-state index is -0.222. The number of anilines is 1. The van der Waals surface area contributed by atoms with Crippen LogP contribution >= 0.6 is 11.3 Å². The number of carbonyl (C=O) groups excluding carboxylic acids is 2. The highest BCUT2D eigenvalue weighted by molar-refractivity contribution is 7.14. The Bertz CT molecular complexity index is 908. The molecule has 27 heavy (non-hydrogen) atoms. The third-order valence-corrected chi connectivity index (χ3v) is 4.61. The van der Waals surface area contributed by atoms with Gasteiger partial charge in [-0.1, -0.05) is 30.3 Å². The van der Waals surface area contributed by atoms with Crippen LogP contribution in [0.25, 0.3) is 0 Å². The third-order valence-electron chi connectivity index (χ3n) is 3.80. The summed E-state index contributed by atoms with van der Waals surface area (Å²) in [6, 6.07) is 16.4. The summed E-state index contributed by atoms with van der Waals surface area (Å²) in [4.78, 5) is 28.5. The first-order valence-corrected chi connectivity index (χ1v) is 9.22. The molecule has 2 amide bonds. The number of rotatable bonds is 7. The number of methoxy groups -OCH3 is 1. The number of thiazole rings is 1. The normalized spacial score (nSPS) is 10.3. The van der Waals surface area contributed by atoms with Gasteiger partial charge in [-0.3, -0.25) is 14.9 Å². The Balaban J connectivity index is 1.49. The van der Waals surface area contributed by atoms with E-state index in [1.165, 1.54) is 11.3 Å². The molecular formula is C20H19N3O3S. The molecule has 6 nitrogen and oxygen atoms in total. The third kappa shape index (κ3) is 5.39. The molecule has 0 aliphatic heterocycles. The van der Waals surface area contributed by atoms with Crippen LogP contribution < -0.4 is 15.4 Å². The molecule has 0 unspecified atom stereocenters. The molecule has 0 spiro atoms. The van der Waals surface area contributed by atoms with Crippen molar-refractivity contribution in [1.29, 1.82) is 0 Å². The quantitative estimate of drug-likeness (QED) is 0.658. The van der Waals surface area contributed by atoms with Crippen molar-refractivity contribution in [3.05, 3.63) is 76.8 Å². The second-order valence-corrected chi connectivity index (χ2v) is 6.62. The minimum absolute atomic E-state index is 0.128. The Kier molecular flexibility index (Phi) is 6.17. The lowest BCUT2D eigenvalue weighted by Gasteiger charge is -2.05. The van der Waals surface area contributed by atoms with E-state index in [-0.39, 0.29) is 18.2 Å². The number of benzene rings is 2. The molecular weight excluding hydrogens is 362 g/mol. The van der Waals surface area contributed by atoms with Gasteiger partial charge in [0, 0.05) is 17.5 Å². The molecule has 1 aromatic heterocycles. The van der Waals surface area contributed by atoms with E-state index >= 15 is 0 Å². The summed E-state index contributed by atoms with van der Waals surface area (Å²) in [6.07, 6.45) is 0.161. The Hall–Kier alpha value is -3.19. The zero-order chi connectivity index (χ0) is 19.1.